The Kier molecular flexibility index (Phi) is 3.41. The van der Waals surface area contributed by atoms with Crippen LogP contribution in [0.3, 0.4) is 0 Å². The molecule has 15 heavy (non-hydrogen) atoms. The van der Waals surface area contributed by atoms with Crippen molar-refractivity contribution in [3.05, 3.63) is 18.2 Å². The molecule has 1 saturated heterocycles. The number of hydrogen-bond donors (Lipinski definition) is 1. The topological polar surface area (TPSA) is 29.9 Å². The highest BCUT2D eigenvalue weighted by Gasteiger charge is 2.21. The summed E-state index contributed by atoms with van der Waals surface area (Å²) in [5.41, 5.74) is 0. The lowest BCUT2D eigenvalue weighted by Gasteiger charge is -2.27. The summed E-state index contributed by atoms with van der Waals surface area (Å²) in [6, 6.07) is 0.475. The summed E-state index contributed by atoms with van der Waals surface area (Å²) in [7, 11) is 0. The van der Waals surface area contributed by atoms with Crippen molar-refractivity contribution in [2.45, 2.75) is 45.7 Å². The van der Waals surface area contributed by atoms with E-state index in [-0.39, 0.29) is 0 Å². The highest BCUT2D eigenvalue weighted by molar-refractivity contribution is 5.01. The Bertz CT molecular complexity index is 298. The molecule has 84 valence electrons. The van der Waals surface area contributed by atoms with Crippen molar-refractivity contribution in [2.24, 2.45) is 5.92 Å². The van der Waals surface area contributed by atoms with E-state index in [1.807, 2.05) is 6.20 Å². The monoisotopic (exact) mass is 207 g/mol. The Labute approximate surface area is 91.9 Å². The fraction of sp³-hybridized carbons (Fsp3) is 0.750. The van der Waals surface area contributed by atoms with E-state index < -0.39 is 0 Å². The maximum absolute atomic E-state index is 4.48. The molecule has 2 unspecified atom stereocenters. The molecule has 1 aromatic rings. The first-order chi connectivity index (χ1) is 7.31. The van der Waals surface area contributed by atoms with E-state index in [1.165, 1.54) is 25.1 Å². The average molecular weight is 207 g/mol. The first-order valence-electron chi connectivity index (χ1n) is 6.05. The smallest absolute Gasteiger partial charge is 0.125 e. The van der Waals surface area contributed by atoms with Crippen LogP contribution in [0.5, 0.6) is 0 Å². The second-order valence-corrected chi connectivity index (χ2v) is 4.62. The fourth-order valence-corrected chi connectivity index (χ4v) is 2.28. The molecule has 0 amide bonds. The summed E-state index contributed by atoms with van der Waals surface area (Å²) in [4.78, 5) is 4.48. The van der Waals surface area contributed by atoms with Gasteiger partial charge in [-0.25, -0.2) is 4.98 Å². The van der Waals surface area contributed by atoms with Crippen LogP contribution in [-0.4, -0.2) is 16.1 Å². The van der Waals surface area contributed by atoms with Gasteiger partial charge in [-0.15, -0.1) is 0 Å². The number of aryl methyl sites for hydroxylation is 1. The molecule has 1 aliphatic heterocycles. The summed E-state index contributed by atoms with van der Waals surface area (Å²) in [5.74, 6) is 2.04. The minimum atomic E-state index is 0.475. The fourth-order valence-electron chi connectivity index (χ4n) is 2.28. The Balaban J connectivity index is 2.05. The van der Waals surface area contributed by atoms with Gasteiger partial charge in [-0.05, 0) is 31.7 Å². The van der Waals surface area contributed by atoms with Gasteiger partial charge in [-0.2, -0.15) is 0 Å². The van der Waals surface area contributed by atoms with Crippen LogP contribution in [0.15, 0.2) is 12.4 Å². The molecule has 0 aromatic carbocycles. The molecule has 0 saturated carbocycles. The van der Waals surface area contributed by atoms with E-state index in [9.17, 15) is 0 Å². The number of rotatable bonds is 3. The average Bonchev–Trinajstić information content (AvgIpc) is 2.68. The Morgan fingerprint density at radius 1 is 1.53 bits per heavy atom. The van der Waals surface area contributed by atoms with Crippen LogP contribution in [-0.2, 0) is 6.54 Å². The van der Waals surface area contributed by atoms with Crippen LogP contribution in [0.1, 0.15) is 45.0 Å². The van der Waals surface area contributed by atoms with Crippen LogP contribution >= 0.6 is 0 Å². The predicted octanol–water partition coefficient (Wildman–Crippen LogP) is 2.35. The van der Waals surface area contributed by atoms with E-state index >= 15 is 0 Å². The predicted molar refractivity (Wildman–Crippen MR) is 61.7 cm³/mol. The molecule has 1 aromatic heterocycles. The molecule has 1 aliphatic rings. The molecule has 1 fully saturated rings. The second kappa shape index (κ2) is 4.79. The zero-order chi connectivity index (χ0) is 10.7. The van der Waals surface area contributed by atoms with Gasteiger partial charge in [0.15, 0.2) is 0 Å². The van der Waals surface area contributed by atoms with E-state index in [0.717, 1.165) is 19.0 Å². The molecule has 2 atom stereocenters. The van der Waals surface area contributed by atoms with Gasteiger partial charge >= 0.3 is 0 Å². The van der Waals surface area contributed by atoms with Crippen LogP contribution < -0.4 is 5.32 Å². The first kappa shape index (κ1) is 10.7. The number of aromatic nitrogens is 2. The van der Waals surface area contributed by atoms with E-state index in [0.29, 0.717) is 6.04 Å². The highest BCUT2D eigenvalue weighted by Crippen LogP contribution is 2.24. The Morgan fingerprint density at radius 2 is 2.40 bits per heavy atom. The molecule has 2 heterocycles. The minimum absolute atomic E-state index is 0.475. The number of imidazole rings is 1. The third kappa shape index (κ3) is 2.40. The molecule has 3 nitrogen and oxygen atoms in total. The third-order valence-electron chi connectivity index (χ3n) is 3.18. The number of nitrogens with one attached hydrogen (secondary N) is 1. The maximum atomic E-state index is 4.48. The normalized spacial score (nSPS) is 26.8. The molecule has 0 spiro atoms. The SMILES string of the molecule is CCCn1ccnc1C1CCC(C)CN1. The van der Waals surface area contributed by atoms with Crippen LogP contribution in [0.4, 0.5) is 0 Å². The Morgan fingerprint density at radius 3 is 3.07 bits per heavy atom. The van der Waals surface area contributed by atoms with E-state index in [2.05, 4.69) is 34.9 Å². The lowest BCUT2D eigenvalue weighted by atomic mass is 9.96. The molecular formula is C12H21N3. The number of hydrogen-bond acceptors (Lipinski definition) is 2. The molecule has 0 bridgehead atoms. The summed E-state index contributed by atoms with van der Waals surface area (Å²) in [6.45, 7) is 6.73. The quantitative estimate of drug-likeness (QED) is 0.824. The van der Waals surface area contributed by atoms with Gasteiger partial charge in [0.25, 0.3) is 0 Å². The maximum Gasteiger partial charge on any atom is 0.125 e. The van der Waals surface area contributed by atoms with Crippen molar-refractivity contribution < 1.29 is 0 Å². The van der Waals surface area contributed by atoms with Gasteiger partial charge in [0, 0.05) is 18.9 Å². The van der Waals surface area contributed by atoms with Gasteiger partial charge in [-0.3, -0.25) is 0 Å². The standard InChI is InChI=1S/C12H21N3/c1-3-7-15-8-6-13-12(15)11-5-4-10(2)9-14-11/h6,8,10-11,14H,3-5,7,9H2,1-2H3. The van der Waals surface area contributed by atoms with Gasteiger partial charge < -0.3 is 9.88 Å². The van der Waals surface area contributed by atoms with Crippen molar-refractivity contribution in [1.29, 1.82) is 0 Å². The van der Waals surface area contributed by atoms with Crippen molar-refractivity contribution >= 4 is 0 Å². The first-order valence-corrected chi connectivity index (χ1v) is 6.05. The van der Waals surface area contributed by atoms with Gasteiger partial charge in [0.2, 0.25) is 0 Å². The lowest BCUT2D eigenvalue weighted by molar-refractivity contribution is 0.317. The molecule has 1 N–H and O–H groups in total. The zero-order valence-electron chi connectivity index (χ0n) is 9.74. The summed E-state index contributed by atoms with van der Waals surface area (Å²) >= 11 is 0. The van der Waals surface area contributed by atoms with Crippen molar-refractivity contribution in [3.8, 4) is 0 Å². The molecule has 0 radical (unpaired) electrons. The van der Waals surface area contributed by atoms with Crippen LogP contribution in [0.25, 0.3) is 0 Å². The van der Waals surface area contributed by atoms with E-state index in [4.69, 9.17) is 0 Å². The van der Waals surface area contributed by atoms with E-state index in [1.54, 1.807) is 0 Å². The number of nitrogens with zero attached hydrogens (tertiary/aromatic N) is 2. The van der Waals surface area contributed by atoms with Crippen molar-refractivity contribution in [1.82, 2.24) is 14.9 Å². The minimum Gasteiger partial charge on any atom is -0.334 e. The summed E-state index contributed by atoms with van der Waals surface area (Å²) in [6.07, 6.45) is 7.73. The van der Waals surface area contributed by atoms with Crippen molar-refractivity contribution in [2.75, 3.05) is 6.54 Å². The Hall–Kier alpha value is -0.830. The lowest BCUT2D eigenvalue weighted by Crippen LogP contribution is -2.33. The largest absolute Gasteiger partial charge is 0.334 e. The molecular weight excluding hydrogens is 186 g/mol. The number of piperidine rings is 1. The molecule has 2 rings (SSSR count). The highest BCUT2D eigenvalue weighted by atomic mass is 15.1. The van der Waals surface area contributed by atoms with Gasteiger partial charge in [-0.1, -0.05) is 13.8 Å². The van der Waals surface area contributed by atoms with Gasteiger partial charge in [0.1, 0.15) is 5.82 Å². The third-order valence-corrected chi connectivity index (χ3v) is 3.18. The molecule has 3 heteroatoms. The van der Waals surface area contributed by atoms with Crippen LogP contribution in [0, 0.1) is 5.92 Å². The zero-order valence-corrected chi connectivity index (χ0v) is 9.74. The van der Waals surface area contributed by atoms with Gasteiger partial charge in [0.05, 0.1) is 6.04 Å². The van der Waals surface area contributed by atoms with Crippen molar-refractivity contribution in [3.63, 3.8) is 0 Å². The summed E-state index contributed by atoms with van der Waals surface area (Å²) in [5, 5.41) is 3.59. The summed E-state index contributed by atoms with van der Waals surface area (Å²) < 4.78 is 2.29. The molecule has 0 aliphatic carbocycles. The second-order valence-electron chi connectivity index (χ2n) is 4.62. The van der Waals surface area contributed by atoms with Crippen LogP contribution in [0.2, 0.25) is 0 Å².